The molecule has 1 aromatic rings. The quantitative estimate of drug-likeness (QED) is 0.794. The lowest BCUT2D eigenvalue weighted by atomic mass is 10.1. The summed E-state index contributed by atoms with van der Waals surface area (Å²) < 4.78 is 0. The van der Waals surface area contributed by atoms with E-state index in [1.807, 2.05) is 44.2 Å². The maximum atomic E-state index is 11.5. The van der Waals surface area contributed by atoms with Crippen molar-refractivity contribution in [2.24, 2.45) is 5.92 Å². The average Bonchev–Trinajstić information content (AvgIpc) is 2.38. The Morgan fingerprint density at radius 3 is 2.59 bits per heavy atom. The van der Waals surface area contributed by atoms with Crippen molar-refractivity contribution in [2.45, 2.75) is 32.8 Å². The lowest BCUT2D eigenvalue weighted by Gasteiger charge is -2.13. The third kappa shape index (κ3) is 4.57. The van der Waals surface area contributed by atoms with Gasteiger partial charge in [-0.3, -0.25) is 4.79 Å². The van der Waals surface area contributed by atoms with Crippen LogP contribution in [0.4, 0.5) is 0 Å². The van der Waals surface area contributed by atoms with Gasteiger partial charge in [-0.2, -0.15) is 0 Å². The number of amides is 1. The van der Waals surface area contributed by atoms with E-state index in [1.54, 1.807) is 0 Å². The van der Waals surface area contributed by atoms with Crippen LogP contribution in [-0.2, 0) is 4.79 Å². The minimum Gasteiger partial charge on any atom is -0.388 e. The highest BCUT2D eigenvalue weighted by atomic mass is 16.3. The number of carbonyl (C=O) groups is 1. The molecule has 1 rings (SSSR count). The number of hydrogen-bond donors (Lipinski definition) is 2. The van der Waals surface area contributed by atoms with Crippen molar-refractivity contribution in [3.8, 4) is 0 Å². The van der Waals surface area contributed by atoms with Gasteiger partial charge < -0.3 is 10.4 Å². The summed E-state index contributed by atoms with van der Waals surface area (Å²) in [6, 6.07) is 9.50. The molecule has 0 saturated carbocycles. The van der Waals surface area contributed by atoms with Gasteiger partial charge >= 0.3 is 0 Å². The fraction of sp³-hybridized carbons (Fsp3) is 0.500. The number of carbonyl (C=O) groups excluding carboxylic acids is 1. The molecule has 0 radical (unpaired) electrons. The van der Waals surface area contributed by atoms with E-state index in [9.17, 15) is 9.90 Å². The van der Waals surface area contributed by atoms with Crippen LogP contribution in [0, 0.1) is 5.92 Å². The topological polar surface area (TPSA) is 49.3 Å². The normalized spacial score (nSPS) is 14.1. The van der Waals surface area contributed by atoms with Gasteiger partial charge in [-0.25, -0.2) is 0 Å². The molecule has 0 aliphatic rings. The van der Waals surface area contributed by atoms with Gasteiger partial charge in [0, 0.05) is 12.5 Å². The zero-order chi connectivity index (χ0) is 12.7. The van der Waals surface area contributed by atoms with Gasteiger partial charge in [-0.05, 0) is 18.4 Å². The molecule has 3 nitrogen and oxygen atoms in total. The maximum absolute atomic E-state index is 11.5. The van der Waals surface area contributed by atoms with Crippen LogP contribution in [0.25, 0.3) is 0 Å². The van der Waals surface area contributed by atoms with E-state index in [-0.39, 0.29) is 11.8 Å². The average molecular weight is 235 g/mol. The Morgan fingerprint density at radius 1 is 1.35 bits per heavy atom. The van der Waals surface area contributed by atoms with E-state index in [4.69, 9.17) is 0 Å². The van der Waals surface area contributed by atoms with Crippen LogP contribution < -0.4 is 5.32 Å². The number of benzene rings is 1. The zero-order valence-corrected chi connectivity index (χ0v) is 10.5. The first kappa shape index (κ1) is 13.7. The molecule has 2 unspecified atom stereocenters. The second-order valence-corrected chi connectivity index (χ2v) is 4.32. The Kier molecular flexibility index (Phi) is 5.70. The van der Waals surface area contributed by atoms with E-state index >= 15 is 0 Å². The Hall–Kier alpha value is -1.35. The lowest BCUT2D eigenvalue weighted by molar-refractivity contribution is -0.124. The standard InChI is InChI=1S/C14H21NO2/c1-3-11(2)14(17)15-10-9-13(16)12-7-5-4-6-8-12/h4-8,11,13,16H,3,9-10H2,1-2H3,(H,15,17). The second kappa shape index (κ2) is 7.07. The van der Waals surface area contributed by atoms with Gasteiger partial charge in [0.15, 0.2) is 0 Å². The van der Waals surface area contributed by atoms with Crippen LogP contribution >= 0.6 is 0 Å². The van der Waals surface area contributed by atoms with Gasteiger partial charge in [0.1, 0.15) is 0 Å². The van der Waals surface area contributed by atoms with E-state index in [0.29, 0.717) is 13.0 Å². The van der Waals surface area contributed by atoms with E-state index in [0.717, 1.165) is 12.0 Å². The highest BCUT2D eigenvalue weighted by Crippen LogP contribution is 2.14. The van der Waals surface area contributed by atoms with Gasteiger partial charge in [0.2, 0.25) is 5.91 Å². The molecule has 94 valence electrons. The van der Waals surface area contributed by atoms with Crippen molar-refractivity contribution in [1.29, 1.82) is 0 Å². The zero-order valence-electron chi connectivity index (χ0n) is 10.5. The van der Waals surface area contributed by atoms with Crippen LogP contribution in [0.5, 0.6) is 0 Å². The summed E-state index contributed by atoms with van der Waals surface area (Å²) in [5.74, 6) is 0.108. The molecule has 2 N–H and O–H groups in total. The smallest absolute Gasteiger partial charge is 0.222 e. The molecule has 2 atom stereocenters. The lowest BCUT2D eigenvalue weighted by Crippen LogP contribution is -2.30. The largest absolute Gasteiger partial charge is 0.388 e. The van der Waals surface area contributed by atoms with Crippen molar-refractivity contribution in [1.82, 2.24) is 5.32 Å². The molecule has 0 saturated heterocycles. The van der Waals surface area contributed by atoms with Gasteiger partial charge in [0.25, 0.3) is 0 Å². The molecule has 0 aliphatic heterocycles. The molecule has 3 heteroatoms. The number of hydrogen-bond acceptors (Lipinski definition) is 2. The molecule has 17 heavy (non-hydrogen) atoms. The molecule has 0 heterocycles. The highest BCUT2D eigenvalue weighted by molar-refractivity contribution is 5.78. The summed E-state index contributed by atoms with van der Waals surface area (Å²) in [7, 11) is 0. The van der Waals surface area contributed by atoms with Crippen LogP contribution in [0.3, 0.4) is 0 Å². The fourth-order valence-corrected chi connectivity index (χ4v) is 1.53. The third-order valence-corrected chi connectivity index (χ3v) is 2.96. The van der Waals surface area contributed by atoms with Crippen molar-refractivity contribution in [3.63, 3.8) is 0 Å². The molecule has 0 bridgehead atoms. The summed E-state index contributed by atoms with van der Waals surface area (Å²) in [4.78, 5) is 11.5. The predicted molar refractivity (Wildman–Crippen MR) is 68.5 cm³/mol. The van der Waals surface area contributed by atoms with E-state index < -0.39 is 6.10 Å². The van der Waals surface area contributed by atoms with Crippen molar-refractivity contribution in [3.05, 3.63) is 35.9 Å². The van der Waals surface area contributed by atoms with Crippen LogP contribution in [0.2, 0.25) is 0 Å². The molecule has 1 amide bonds. The number of rotatable bonds is 6. The molecular weight excluding hydrogens is 214 g/mol. The molecule has 0 aromatic heterocycles. The number of aliphatic hydroxyl groups excluding tert-OH is 1. The molecule has 1 aromatic carbocycles. The van der Waals surface area contributed by atoms with Crippen molar-refractivity contribution < 1.29 is 9.90 Å². The number of aliphatic hydroxyl groups is 1. The Labute approximate surface area is 103 Å². The first-order valence-electron chi connectivity index (χ1n) is 6.15. The monoisotopic (exact) mass is 235 g/mol. The summed E-state index contributed by atoms with van der Waals surface area (Å²) >= 11 is 0. The fourth-order valence-electron chi connectivity index (χ4n) is 1.53. The molecule has 0 spiro atoms. The van der Waals surface area contributed by atoms with Gasteiger partial charge in [0.05, 0.1) is 6.10 Å². The SMILES string of the molecule is CCC(C)C(=O)NCCC(O)c1ccccc1. The summed E-state index contributed by atoms with van der Waals surface area (Å²) in [5.41, 5.74) is 0.894. The van der Waals surface area contributed by atoms with Gasteiger partial charge in [-0.15, -0.1) is 0 Å². The van der Waals surface area contributed by atoms with Crippen molar-refractivity contribution in [2.75, 3.05) is 6.54 Å². The molecule has 0 fully saturated rings. The summed E-state index contributed by atoms with van der Waals surface area (Å²) in [6.45, 7) is 4.41. The molecule has 0 aliphatic carbocycles. The third-order valence-electron chi connectivity index (χ3n) is 2.96. The van der Waals surface area contributed by atoms with Gasteiger partial charge in [-0.1, -0.05) is 44.2 Å². The summed E-state index contributed by atoms with van der Waals surface area (Å²) in [5, 5.41) is 12.7. The Morgan fingerprint density at radius 2 is 2.00 bits per heavy atom. The van der Waals surface area contributed by atoms with E-state index in [2.05, 4.69) is 5.32 Å². The second-order valence-electron chi connectivity index (χ2n) is 4.32. The van der Waals surface area contributed by atoms with Crippen LogP contribution in [0.15, 0.2) is 30.3 Å². The van der Waals surface area contributed by atoms with Crippen molar-refractivity contribution >= 4 is 5.91 Å². The minimum absolute atomic E-state index is 0.0452. The minimum atomic E-state index is -0.506. The van der Waals surface area contributed by atoms with E-state index in [1.165, 1.54) is 0 Å². The summed E-state index contributed by atoms with van der Waals surface area (Å²) in [6.07, 6.45) is 0.882. The first-order chi connectivity index (χ1) is 8.15. The van der Waals surface area contributed by atoms with Crippen LogP contribution in [0.1, 0.15) is 38.4 Å². The van der Waals surface area contributed by atoms with Crippen LogP contribution in [-0.4, -0.2) is 17.6 Å². The maximum Gasteiger partial charge on any atom is 0.222 e. The first-order valence-corrected chi connectivity index (χ1v) is 6.15. The molecular formula is C14H21NO2. The Balaban J connectivity index is 2.30. The Bertz CT molecular complexity index is 337. The highest BCUT2D eigenvalue weighted by Gasteiger charge is 2.11. The predicted octanol–water partition coefficient (Wildman–Crippen LogP) is 2.27. The number of nitrogens with one attached hydrogen (secondary N) is 1.